The number of hydrogen-bond acceptors (Lipinski definition) is 6. The van der Waals surface area contributed by atoms with Gasteiger partial charge in [-0.2, -0.15) is 0 Å². The van der Waals surface area contributed by atoms with E-state index in [-0.39, 0.29) is 75.6 Å². The maximum absolute atomic E-state index is 12.9. The van der Waals surface area contributed by atoms with E-state index >= 15 is 0 Å². The molecule has 0 atom stereocenters. The van der Waals surface area contributed by atoms with E-state index in [0.717, 1.165) is 0 Å². The van der Waals surface area contributed by atoms with Crippen LogP contribution in [0.15, 0.2) is 36.4 Å². The van der Waals surface area contributed by atoms with Crippen molar-refractivity contribution < 1.29 is 49.2 Å². The van der Waals surface area contributed by atoms with Gasteiger partial charge in [0.1, 0.15) is 0 Å². The third-order valence-corrected chi connectivity index (χ3v) is 4.35. The smallest absolute Gasteiger partial charge is 0.545 e. The minimum atomic E-state index is -1.35. The van der Waals surface area contributed by atoms with Gasteiger partial charge in [-0.25, -0.2) is 0 Å². The fourth-order valence-corrected chi connectivity index (χ4v) is 3.22. The molecule has 0 spiro atoms. The van der Waals surface area contributed by atoms with Crippen LogP contribution in [-0.2, 0) is 0 Å². The Balaban J connectivity index is 0.00000420. The molecule has 0 heterocycles. The number of nitrogens with two attached hydrogens (primary N) is 1. The Kier molecular flexibility index (Phi) is 8.37. The van der Waals surface area contributed by atoms with Crippen LogP contribution in [0.25, 0.3) is 11.1 Å². The Hall–Kier alpha value is -2.42. The summed E-state index contributed by atoms with van der Waals surface area (Å²) in [6.45, 7) is 7.46. The van der Waals surface area contributed by atoms with E-state index in [0.29, 0.717) is 5.56 Å². The SMILES string of the molecule is CC(C)N(C(=O)c1cc(N)c(-c2ccc(C(=O)[O-])cc2)c([N+](=O)[O-])c1)C(C)C.[Na+]. The summed E-state index contributed by atoms with van der Waals surface area (Å²) in [4.78, 5) is 36.5. The predicted molar refractivity (Wildman–Crippen MR) is 104 cm³/mol. The molecule has 148 valence electrons. The van der Waals surface area contributed by atoms with Crippen LogP contribution in [0.3, 0.4) is 0 Å². The number of rotatable bonds is 6. The number of carbonyl (C=O) groups is 2. The fourth-order valence-electron chi connectivity index (χ4n) is 3.22. The van der Waals surface area contributed by atoms with Crippen molar-refractivity contribution in [2.45, 2.75) is 39.8 Å². The molecule has 0 aliphatic carbocycles. The van der Waals surface area contributed by atoms with Crippen molar-refractivity contribution in [2.75, 3.05) is 5.73 Å². The Morgan fingerprint density at radius 1 is 1.00 bits per heavy atom. The number of amides is 1. The second kappa shape index (κ2) is 9.87. The summed E-state index contributed by atoms with van der Waals surface area (Å²) < 4.78 is 0. The van der Waals surface area contributed by atoms with Crippen molar-refractivity contribution in [2.24, 2.45) is 0 Å². The number of carbonyl (C=O) groups excluding carboxylic acids is 2. The second-order valence-electron chi connectivity index (χ2n) is 6.98. The van der Waals surface area contributed by atoms with Gasteiger partial charge in [0.25, 0.3) is 11.6 Å². The minimum Gasteiger partial charge on any atom is -0.545 e. The summed E-state index contributed by atoms with van der Waals surface area (Å²) in [5.74, 6) is -1.70. The van der Waals surface area contributed by atoms with Crippen LogP contribution in [0.2, 0.25) is 0 Å². The molecule has 0 radical (unpaired) electrons. The van der Waals surface area contributed by atoms with Gasteiger partial charge in [-0.15, -0.1) is 0 Å². The van der Waals surface area contributed by atoms with Crippen LogP contribution >= 0.6 is 0 Å². The van der Waals surface area contributed by atoms with E-state index in [2.05, 4.69) is 0 Å². The van der Waals surface area contributed by atoms with Gasteiger partial charge >= 0.3 is 29.6 Å². The topological polar surface area (TPSA) is 130 Å². The molecule has 29 heavy (non-hydrogen) atoms. The molecular formula is C20H22N3NaO5. The molecule has 9 heteroatoms. The van der Waals surface area contributed by atoms with Crippen molar-refractivity contribution >= 4 is 23.3 Å². The van der Waals surface area contributed by atoms with Gasteiger partial charge in [0.2, 0.25) is 0 Å². The molecule has 2 N–H and O–H groups in total. The van der Waals surface area contributed by atoms with E-state index in [9.17, 15) is 24.8 Å². The van der Waals surface area contributed by atoms with Crippen molar-refractivity contribution in [1.29, 1.82) is 0 Å². The van der Waals surface area contributed by atoms with Crippen LogP contribution in [-0.4, -0.2) is 33.8 Å². The molecule has 8 nitrogen and oxygen atoms in total. The zero-order valence-corrected chi connectivity index (χ0v) is 19.1. The van der Waals surface area contributed by atoms with Gasteiger partial charge in [-0.05, 0) is 44.9 Å². The summed E-state index contributed by atoms with van der Waals surface area (Å²) in [5.41, 5.74) is 6.39. The van der Waals surface area contributed by atoms with Gasteiger partial charge < -0.3 is 20.5 Å². The third kappa shape index (κ3) is 5.35. The molecule has 0 unspecified atom stereocenters. The molecule has 0 aromatic heterocycles. The van der Waals surface area contributed by atoms with Crippen molar-refractivity contribution in [3.8, 4) is 11.1 Å². The van der Waals surface area contributed by atoms with Gasteiger partial charge in [-0.3, -0.25) is 14.9 Å². The van der Waals surface area contributed by atoms with E-state index in [4.69, 9.17) is 5.73 Å². The quantitative estimate of drug-likeness (QED) is 0.297. The van der Waals surface area contributed by atoms with E-state index in [1.54, 1.807) is 4.90 Å². The van der Waals surface area contributed by atoms with Gasteiger partial charge in [-0.1, -0.05) is 24.3 Å². The Morgan fingerprint density at radius 3 is 1.93 bits per heavy atom. The number of anilines is 1. The molecule has 1 amide bonds. The summed E-state index contributed by atoms with van der Waals surface area (Å²) in [6.07, 6.45) is 0. The predicted octanol–water partition coefficient (Wildman–Crippen LogP) is -0.529. The summed E-state index contributed by atoms with van der Waals surface area (Å²) in [6, 6.07) is 7.83. The number of carboxylic acid groups (broad SMARTS) is 1. The molecule has 0 aliphatic heterocycles. The molecular weight excluding hydrogens is 385 g/mol. The standard InChI is InChI=1S/C20H23N3O5.Na/c1-11(2)22(12(3)4)19(24)15-9-16(21)18(17(10-15)23(27)28)13-5-7-14(8-6-13)20(25)26;/h5-12H,21H2,1-4H3,(H,25,26);/q;+1/p-1. The van der Waals surface area contributed by atoms with E-state index in [1.807, 2.05) is 27.7 Å². The van der Waals surface area contributed by atoms with Gasteiger partial charge in [0, 0.05) is 29.4 Å². The van der Waals surface area contributed by atoms with Crippen molar-refractivity contribution in [3.05, 3.63) is 57.6 Å². The van der Waals surface area contributed by atoms with Crippen molar-refractivity contribution in [1.82, 2.24) is 4.90 Å². The largest absolute Gasteiger partial charge is 1.00 e. The first-order chi connectivity index (χ1) is 13.0. The number of nitro groups is 1. The van der Waals surface area contributed by atoms with Crippen LogP contribution in [0, 0.1) is 10.1 Å². The molecule has 0 saturated heterocycles. The summed E-state index contributed by atoms with van der Waals surface area (Å²) >= 11 is 0. The average Bonchev–Trinajstić information content (AvgIpc) is 2.60. The van der Waals surface area contributed by atoms with Crippen LogP contribution in [0.5, 0.6) is 0 Å². The summed E-state index contributed by atoms with van der Waals surface area (Å²) in [5, 5.41) is 22.6. The first kappa shape index (κ1) is 24.6. The molecule has 0 saturated carbocycles. The minimum absolute atomic E-state index is 0. The number of nitrogen functional groups attached to an aromatic ring is 1. The first-order valence-electron chi connectivity index (χ1n) is 8.77. The number of nitrogens with zero attached hydrogens (tertiary/aromatic N) is 2. The van der Waals surface area contributed by atoms with Crippen LogP contribution in [0.1, 0.15) is 48.4 Å². The maximum atomic E-state index is 12.9. The van der Waals surface area contributed by atoms with Crippen molar-refractivity contribution in [3.63, 3.8) is 0 Å². The van der Waals surface area contributed by atoms with Crippen LogP contribution < -0.4 is 40.4 Å². The molecule has 2 rings (SSSR count). The van der Waals surface area contributed by atoms with Crippen LogP contribution in [0.4, 0.5) is 11.4 Å². The molecule has 2 aromatic carbocycles. The zero-order valence-electron chi connectivity index (χ0n) is 17.1. The molecule has 0 fully saturated rings. The number of aromatic carboxylic acids is 1. The summed E-state index contributed by atoms with van der Waals surface area (Å²) in [7, 11) is 0. The zero-order chi connectivity index (χ0) is 21.2. The van der Waals surface area contributed by atoms with E-state index in [1.165, 1.54) is 36.4 Å². The molecule has 2 aromatic rings. The first-order valence-corrected chi connectivity index (χ1v) is 8.77. The average molecular weight is 407 g/mol. The Morgan fingerprint density at radius 2 is 1.52 bits per heavy atom. The number of carboxylic acids is 1. The molecule has 0 aliphatic rings. The normalized spacial score (nSPS) is 10.6. The second-order valence-corrected chi connectivity index (χ2v) is 6.98. The molecule has 0 bridgehead atoms. The maximum Gasteiger partial charge on any atom is 1.00 e. The number of hydrogen-bond donors (Lipinski definition) is 1. The Labute approximate surface area is 191 Å². The van der Waals surface area contributed by atoms with Gasteiger partial charge in [0.05, 0.1) is 16.5 Å². The number of benzene rings is 2. The fraction of sp³-hybridized carbons (Fsp3) is 0.300. The monoisotopic (exact) mass is 407 g/mol. The Bertz CT molecular complexity index is 918. The van der Waals surface area contributed by atoms with Gasteiger partial charge in [0.15, 0.2) is 0 Å². The van der Waals surface area contributed by atoms with E-state index < -0.39 is 10.9 Å². The third-order valence-electron chi connectivity index (χ3n) is 4.35. The number of nitro benzene ring substituents is 1.